The first-order valence-electron chi connectivity index (χ1n) is 6.21. The van der Waals surface area contributed by atoms with Gasteiger partial charge in [0.2, 0.25) is 0 Å². The van der Waals surface area contributed by atoms with E-state index in [2.05, 4.69) is 5.32 Å². The van der Waals surface area contributed by atoms with Gasteiger partial charge in [-0.05, 0) is 0 Å². The molecule has 1 aromatic carbocycles. The summed E-state index contributed by atoms with van der Waals surface area (Å²) in [5.74, 6) is -1.18. The highest BCUT2D eigenvalue weighted by atomic mass is 32.1. The van der Waals surface area contributed by atoms with Crippen molar-refractivity contribution >= 4 is 40.7 Å². The van der Waals surface area contributed by atoms with Crippen LogP contribution in [0.3, 0.4) is 0 Å². The average molecular weight is 279 g/mol. The highest BCUT2D eigenvalue weighted by molar-refractivity contribution is 7.80. The maximum Gasteiger partial charge on any atom is 0.135 e. The van der Waals surface area contributed by atoms with E-state index in [4.69, 9.17) is 17.0 Å². The second-order valence-corrected chi connectivity index (χ2v) is 6.21. The van der Waals surface area contributed by atoms with Gasteiger partial charge in [-0.3, -0.25) is 0 Å². The van der Waals surface area contributed by atoms with Crippen molar-refractivity contribution in [2.75, 3.05) is 6.54 Å². The fourth-order valence-corrected chi connectivity index (χ4v) is 2.46. The van der Waals surface area contributed by atoms with Crippen molar-refractivity contribution < 1.29 is 13.5 Å². The van der Waals surface area contributed by atoms with Crippen molar-refractivity contribution in [1.29, 1.82) is 0 Å². The van der Waals surface area contributed by atoms with Crippen LogP contribution in [0.25, 0.3) is 0 Å². The molecule has 0 aliphatic carbocycles. The first-order valence-corrected chi connectivity index (χ1v) is 6.62. The van der Waals surface area contributed by atoms with Gasteiger partial charge in [-0.25, -0.2) is 8.78 Å². The summed E-state index contributed by atoms with van der Waals surface area (Å²) in [6.45, 7) is 0.478. The van der Waals surface area contributed by atoms with Crippen LogP contribution >= 0.6 is 12.2 Å². The van der Waals surface area contributed by atoms with Crippen molar-refractivity contribution in [3.63, 3.8) is 0 Å². The van der Waals surface area contributed by atoms with E-state index < -0.39 is 16.9 Å². The van der Waals surface area contributed by atoms with E-state index in [1.165, 1.54) is 12.1 Å². The van der Waals surface area contributed by atoms with Crippen LogP contribution in [-0.4, -0.2) is 40.4 Å². The quantitative estimate of drug-likeness (QED) is 0.581. The summed E-state index contributed by atoms with van der Waals surface area (Å²) in [5.41, 5.74) is 0.0913. The molecule has 2 nitrogen and oxygen atoms in total. The minimum atomic E-state index is -0.573. The molecule has 1 aromatic rings. The summed E-state index contributed by atoms with van der Waals surface area (Å²) in [7, 11) is 5.49. The third kappa shape index (κ3) is 3.50. The van der Waals surface area contributed by atoms with Gasteiger partial charge >= 0.3 is 0 Å². The molecule has 0 bridgehead atoms. The van der Waals surface area contributed by atoms with Gasteiger partial charge in [0, 0.05) is 41.9 Å². The summed E-state index contributed by atoms with van der Waals surface area (Å²) in [6.07, 6.45) is 0.489. The lowest BCUT2D eigenvalue weighted by Crippen LogP contribution is -2.37. The fourth-order valence-electron chi connectivity index (χ4n) is 2.17. The van der Waals surface area contributed by atoms with E-state index in [0.717, 1.165) is 0 Å². The van der Waals surface area contributed by atoms with Gasteiger partial charge in [-0.1, -0.05) is 12.2 Å². The summed E-state index contributed by atoms with van der Waals surface area (Å²) in [4.78, 5) is 0.652. The molecule has 0 aromatic heterocycles. The lowest BCUT2D eigenvalue weighted by Gasteiger charge is -2.22. The van der Waals surface area contributed by atoms with Crippen LogP contribution in [0.1, 0.15) is 17.9 Å². The molecule has 1 heterocycles. The molecule has 0 radical (unpaired) electrons. The summed E-state index contributed by atoms with van der Waals surface area (Å²) in [6, 6.07) is 2.48. The molecule has 1 saturated heterocycles. The molecule has 98 valence electrons. The van der Waals surface area contributed by atoms with Crippen LogP contribution in [0.2, 0.25) is 0 Å². The Labute approximate surface area is 119 Å². The molecule has 0 unspecified atom stereocenters. The smallest absolute Gasteiger partial charge is 0.135 e. The number of rotatable bonds is 3. The number of thiocarbonyl (C=S) groups is 1. The summed E-state index contributed by atoms with van der Waals surface area (Å²) < 4.78 is 33.6. The zero-order chi connectivity index (χ0) is 14.2. The monoisotopic (exact) mass is 279 g/mol. The van der Waals surface area contributed by atoms with Crippen molar-refractivity contribution in [2.45, 2.75) is 17.6 Å². The van der Waals surface area contributed by atoms with Crippen LogP contribution in [0.4, 0.5) is 8.78 Å². The lowest BCUT2D eigenvalue weighted by molar-refractivity contribution is 0.314. The molecule has 1 fully saturated rings. The number of hydrogen-bond donors (Lipinski definition) is 1. The zero-order valence-electron chi connectivity index (χ0n) is 11.2. The highest BCUT2D eigenvalue weighted by Crippen LogP contribution is 2.31. The SMILES string of the molecule is BC(B)(B)Oc1cc(F)c([C@@H]2CNC(=S)C2)c(F)c1. The van der Waals surface area contributed by atoms with Gasteiger partial charge in [0.25, 0.3) is 0 Å². The largest absolute Gasteiger partial charge is 0.513 e. The van der Waals surface area contributed by atoms with E-state index in [1.54, 1.807) is 0 Å². The van der Waals surface area contributed by atoms with E-state index >= 15 is 0 Å². The van der Waals surface area contributed by atoms with Crippen molar-refractivity contribution in [3.8, 4) is 5.75 Å². The molecule has 2 rings (SSSR count). The molecule has 1 atom stereocenters. The first-order chi connectivity index (χ1) is 8.76. The average Bonchev–Trinajstić information content (AvgIpc) is 2.60. The molecule has 1 N–H and O–H groups in total. The van der Waals surface area contributed by atoms with Crippen LogP contribution in [-0.2, 0) is 0 Å². The van der Waals surface area contributed by atoms with Crippen LogP contribution in [0.15, 0.2) is 12.1 Å². The maximum absolute atomic E-state index is 14.1. The van der Waals surface area contributed by atoms with E-state index in [-0.39, 0.29) is 17.2 Å². The minimum absolute atomic E-state index is 0.0913. The molecule has 0 spiro atoms. The van der Waals surface area contributed by atoms with Crippen LogP contribution in [0.5, 0.6) is 5.75 Å². The molecule has 0 saturated carbocycles. The topological polar surface area (TPSA) is 21.3 Å². The zero-order valence-corrected chi connectivity index (χ0v) is 12.0. The van der Waals surface area contributed by atoms with Crippen LogP contribution in [0, 0.1) is 11.6 Å². The molecule has 1 aliphatic rings. The molecule has 19 heavy (non-hydrogen) atoms. The minimum Gasteiger partial charge on any atom is -0.513 e. The number of nitrogens with one attached hydrogen (secondary N) is 1. The van der Waals surface area contributed by atoms with Gasteiger partial charge in [-0.2, -0.15) is 0 Å². The summed E-state index contributed by atoms with van der Waals surface area (Å²) >= 11 is 5.00. The fraction of sp³-hybridized carbons (Fsp3) is 0.364. The standard InChI is InChI=1S/C11H14B3F2NOS/c12-11(13,14)18-6-2-7(15)10(8(16)3-6)5-1-9(19)17-4-5/h2-3,5H,1,4,12-14H2,(H,17,19)/t5-/m0/s1. The van der Waals surface area contributed by atoms with E-state index in [0.29, 0.717) is 18.0 Å². The third-order valence-electron chi connectivity index (χ3n) is 2.86. The molecule has 8 heteroatoms. The predicted octanol–water partition coefficient (Wildman–Crippen LogP) is -0.742. The third-order valence-corrected chi connectivity index (χ3v) is 3.17. The van der Waals surface area contributed by atoms with Gasteiger partial charge in [-0.15, -0.1) is 0 Å². The van der Waals surface area contributed by atoms with Crippen LogP contribution < -0.4 is 10.1 Å². The van der Waals surface area contributed by atoms with Crippen molar-refractivity contribution in [2.24, 2.45) is 0 Å². The molecular weight excluding hydrogens is 265 g/mol. The Balaban J connectivity index is 2.30. The Hall–Kier alpha value is -1.04. The number of halogens is 2. The molecule has 1 aliphatic heterocycles. The Morgan fingerprint density at radius 2 is 1.84 bits per heavy atom. The molecular formula is C11H14B3F2NOS. The van der Waals surface area contributed by atoms with Crippen molar-refractivity contribution in [1.82, 2.24) is 5.32 Å². The lowest BCUT2D eigenvalue weighted by atomic mass is 9.52. The molecule has 0 amide bonds. The van der Waals surface area contributed by atoms with Gasteiger partial charge in [0.05, 0.1) is 4.99 Å². The van der Waals surface area contributed by atoms with Gasteiger partial charge in [0.1, 0.15) is 40.9 Å². The number of ether oxygens (including phenoxy) is 1. The first kappa shape index (κ1) is 14.4. The summed E-state index contributed by atoms with van der Waals surface area (Å²) in [5, 5.41) is 2.45. The van der Waals surface area contributed by atoms with Crippen molar-refractivity contribution in [3.05, 3.63) is 29.3 Å². The van der Waals surface area contributed by atoms with Gasteiger partial charge in [0.15, 0.2) is 0 Å². The van der Waals surface area contributed by atoms with E-state index in [9.17, 15) is 8.78 Å². The Morgan fingerprint density at radius 3 is 2.26 bits per heavy atom. The van der Waals surface area contributed by atoms with Gasteiger partial charge < -0.3 is 10.1 Å². The maximum atomic E-state index is 14.1. The second-order valence-electron chi connectivity index (χ2n) is 5.72. The van der Waals surface area contributed by atoms with E-state index in [1.807, 2.05) is 23.5 Å². The second kappa shape index (κ2) is 5.15. The highest BCUT2D eigenvalue weighted by Gasteiger charge is 2.27. The normalized spacial score (nSPS) is 19.3. The Kier molecular flexibility index (Phi) is 3.90. The number of benzene rings is 1. The number of hydrogen-bond acceptors (Lipinski definition) is 2. The predicted molar refractivity (Wildman–Crippen MR) is 83.3 cm³/mol. The Morgan fingerprint density at radius 1 is 1.26 bits per heavy atom. The Bertz CT molecular complexity index is 498.